The monoisotopic (exact) mass is 378 g/mol. The minimum Gasteiger partial charge on any atom is -0.348 e. The molecule has 146 valence electrons. The molecule has 6 heteroatoms. The molecule has 0 spiro atoms. The lowest BCUT2D eigenvalue weighted by molar-refractivity contribution is -0.122. The highest BCUT2D eigenvalue weighted by atomic mass is 16.2. The fraction of sp³-hybridized carbons (Fsp3) is 0.409. The van der Waals surface area contributed by atoms with Crippen LogP contribution in [0.4, 0.5) is 0 Å². The van der Waals surface area contributed by atoms with Gasteiger partial charge in [-0.2, -0.15) is 0 Å². The van der Waals surface area contributed by atoms with E-state index in [9.17, 15) is 9.59 Å². The van der Waals surface area contributed by atoms with Crippen molar-refractivity contribution >= 4 is 17.1 Å². The number of rotatable bonds is 5. The van der Waals surface area contributed by atoms with E-state index < -0.39 is 0 Å². The van der Waals surface area contributed by atoms with Gasteiger partial charge in [-0.05, 0) is 37.5 Å². The first kappa shape index (κ1) is 18.5. The molecule has 0 unspecified atom stereocenters. The molecule has 2 heterocycles. The number of fused-ring (bicyclic) bond motifs is 1. The van der Waals surface area contributed by atoms with Crippen molar-refractivity contribution in [3.05, 3.63) is 64.7 Å². The van der Waals surface area contributed by atoms with Gasteiger partial charge >= 0.3 is 5.69 Å². The fourth-order valence-electron chi connectivity index (χ4n) is 4.19. The van der Waals surface area contributed by atoms with Gasteiger partial charge in [0, 0.05) is 12.2 Å². The summed E-state index contributed by atoms with van der Waals surface area (Å²) < 4.78 is 3.37. The maximum absolute atomic E-state index is 13.2. The summed E-state index contributed by atoms with van der Waals surface area (Å²) in [5, 5.41) is 3.00. The Hall–Kier alpha value is -2.89. The normalized spacial score (nSPS) is 16.2. The number of benzene rings is 1. The molecule has 1 aliphatic carbocycles. The van der Waals surface area contributed by atoms with Gasteiger partial charge in [-0.3, -0.25) is 13.9 Å². The smallest absolute Gasteiger partial charge is 0.331 e. The number of amides is 1. The van der Waals surface area contributed by atoms with Gasteiger partial charge in [0.15, 0.2) is 5.65 Å². The Kier molecular flexibility index (Phi) is 5.28. The molecule has 1 N–H and O–H groups in total. The second-order valence-corrected chi connectivity index (χ2v) is 7.58. The topological polar surface area (TPSA) is 68.9 Å². The lowest BCUT2D eigenvalue weighted by atomic mass is 9.95. The van der Waals surface area contributed by atoms with E-state index in [1.807, 2.05) is 54.0 Å². The number of pyridine rings is 1. The van der Waals surface area contributed by atoms with E-state index in [0.717, 1.165) is 36.8 Å². The zero-order valence-corrected chi connectivity index (χ0v) is 16.2. The van der Waals surface area contributed by atoms with Crippen molar-refractivity contribution in [3.8, 4) is 0 Å². The summed E-state index contributed by atoms with van der Waals surface area (Å²) in [7, 11) is 0. The number of nitrogens with one attached hydrogen (secondary N) is 1. The number of carbonyl (C=O) groups is 1. The molecule has 2 aromatic heterocycles. The third kappa shape index (κ3) is 3.59. The Morgan fingerprint density at radius 2 is 1.89 bits per heavy atom. The van der Waals surface area contributed by atoms with E-state index in [-0.39, 0.29) is 30.2 Å². The summed E-state index contributed by atoms with van der Waals surface area (Å²) >= 11 is 0. The number of carbonyl (C=O) groups excluding carboxylic acids is 1. The molecule has 0 radical (unpaired) electrons. The minimum atomic E-state index is -0.176. The van der Waals surface area contributed by atoms with Gasteiger partial charge in [0.2, 0.25) is 5.91 Å². The molecule has 0 bridgehead atoms. The molecule has 1 aliphatic rings. The molecule has 0 saturated heterocycles. The molecule has 6 nitrogen and oxygen atoms in total. The predicted octanol–water partition coefficient (Wildman–Crippen LogP) is 3.58. The van der Waals surface area contributed by atoms with Crippen molar-refractivity contribution in [1.82, 2.24) is 19.4 Å². The lowest BCUT2D eigenvalue weighted by Crippen LogP contribution is -2.35. The second kappa shape index (κ2) is 8.00. The highest BCUT2D eigenvalue weighted by Gasteiger charge is 2.24. The largest absolute Gasteiger partial charge is 0.348 e. The Balaban J connectivity index is 1.61. The third-order valence-corrected chi connectivity index (χ3v) is 5.64. The van der Waals surface area contributed by atoms with Crippen LogP contribution in [0.5, 0.6) is 0 Å². The Labute approximate surface area is 164 Å². The van der Waals surface area contributed by atoms with Gasteiger partial charge in [0.1, 0.15) is 6.54 Å². The Bertz CT molecular complexity index is 1020. The van der Waals surface area contributed by atoms with Crippen molar-refractivity contribution < 1.29 is 4.79 Å². The van der Waals surface area contributed by atoms with Crippen LogP contribution < -0.4 is 11.0 Å². The van der Waals surface area contributed by atoms with Crippen LogP contribution in [0, 0.1) is 0 Å². The molecule has 1 aromatic carbocycles. The Morgan fingerprint density at radius 1 is 1.14 bits per heavy atom. The average Bonchev–Trinajstić information content (AvgIpc) is 3.01. The average molecular weight is 378 g/mol. The van der Waals surface area contributed by atoms with E-state index in [1.165, 1.54) is 6.42 Å². The molecule has 1 fully saturated rings. The van der Waals surface area contributed by atoms with Crippen molar-refractivity contribution in [1.29, 1.82) is 0 Å². The van der Waals surface area contributed by atoms with E-state index in [0.29, 0.717) is 5.65 Å². The van der Waals surface area contributed by atoms with Crippen LogP contribution in [0.3, 0.4) is 0 Å². The number of hydrogen-bond donors (Lipinski definition) is 1. The summed E-state index contributed by atoms with van der Waals surface area (Å²) in [5.41, 5.74) is 2.31. The molecule has 0 aliphatic heterocycles. The number of imidazole rings is 1. The van der Waals surface area contributed by atoms with Crippen molar-refractivity contribution in [3.63, 3.8) is 0 Å². The van der Waals surface area contributed by atoms with Crippen LogP contribution in [0.1, 0.15) is 56.7 Å². The van der Waals surface area contributed by atoms with Crippen molar-refractivity contribution in [2.75, 3.05) is 0 Å². The molecule has 4 rings (SSSR count). The van der Waals surface area contributed by atoms with Gasteiger partial charge in [-0.1, -0.05) is 49.6 Å². The molecular weight excluding hydrogens is 352 g/mol. The third-order valence-electron chi connectivity index (χ3n) is 5.64. The summed E-state index contributed by atoms with van der Waals surface area (Å²) in [5.74, 6) is -0.176. The summed E-state index contributed by atoms with van der Waals surface area (Å²) in [4.78, 5) is 30.3. The quantitative estimate of drug-likeness (QED) is 0.738. The van der Waals surface area contributed by atoms with Gasteiger partial charge < -0.3 is 5.32 Å². The van der Waals surface area contributed by atoms with Crippen LogP contribution in [-0.4, -0.2) is 20.0 Å². The van der Waals surface area contributed by atoms with E-state index in [1.54, 1.807) is 10.8 Å². The van der Waals surface area contributed by atoms with Gasteiger partial charge in [-0.25, -0.2) is 9.78 Å². The van der Waals surface area contributed by atoms with Crippen molar-refractivity contribution in [2.24, 2.45) is 0 Å². The van der Waals surface area contributed by atoms with Crippen LogP contribution in [-0.2, 0) is 11.3 Å². The van der Waals surface area contributed by atoms with Crippen molar-refractivity contribution in [2.45, 2.75) is 57.7 Å². The van der Waals surface area contributed by atoms with Crippen LogP contribution >= 0.6 is 0 Å². The zero-order valence-electron chi connectivity index (χ0n) is 16.2. The van der Waals surface area contributed by atoms with Gasteiger partial charge in [0.05, 0.1) is 11.6 Å². The van der Waals surface area contributed by atoms with Crippen LogP contribution in [0.15, 0.2) is 53.5 Å². The maximum Gasteiger partial charge on any atom is 0.331 e. The highest BCUT2D eigenvalue weighted by molar-refractivity contribution is 5.79. The standard InChI is InChI=1S/C22H26N4O2/c1-16(17-9-4-2-5-10-17)24-20(27)15-25-19-13-8-14-23-21(19)26(22(25)28)18-11-6-3-7-12-18/h2,4-5,8-10,13-14,16,18H,3,6-7,11-12,15H2,1H3,(H,24,27)/t16-/m0/s1. The summed E-state index contributed by atoms with van der Waals surface area (Å²) in [6.07, 6.45) is 7.18. The molecule has 1 amide bonds. The lowest BCUT2D eigenvalue weighted by Gasteiger charge is -2.22. The molecule has 1 atom stereocenters. The maximum atomic E-state index is 13.2. The van der Waals surface area contributed by atoms with Crippen LogP contribution in [0.2, 0.25) is 0 Å². The van der Waals surface area contributed by atoms with E-state index in [4.69, 9.17) is 0 Å². The van der Waals surface area contributed by atoms with Gasteiger partial charge in [0.25, 0.3) is 0 Å². The highest BCUT2D eigenvalue weighted by Crippen LogP contribution is 2.29. The minimum absolute atomic E-state index is 0.00206. The first-order chi connectivity index (χ1) is 13.6. The SMILES string of the molecule is C[C@H](NC(=O)Cn1c(=O)n(C2CCCCC2)c2ncccc21)c1ccccc1. The second-order valence-electron chi connectivity index (χ2n) is 7.58. The van der Waals surface area contributed by atoms with E-state index in [2.05, 4.69) is 10.3 Å². The fourth-order valence-corrected chi connectivity index (χ4v) is 4.19. The van der Waals surface area contributed by atoms with E-state index >= 15 is 0 Å². The summed E-state index contributed by atoms with van der Waals surface area (Å²) in [6, 6.07) is 13.6. The molecule has 3 aromatic rings. The zero-order chi connectivity index (χ0) is 19.5. The molecule has 28 heavy (non-hydrogen) atoms. The molecular formula is C22H26N4O2. The van der Waals surface area contributed by atoms with Gasteiger partial charge in [-0.15, -0.1) is 0 Å². The predicted molar refractivity (Wildman–Crippen MR) is 109 cm³/mol. The Morgan fingerprint density at radius 3 is 2.64 bits per heavy atom. The summed E-state index contributed by atoms with van der Waals surface area (Å²) in [6.45, 7) is 1.95. The number of hydrogen-bond acceptors (Lipinski definition) is 3. The number of aromatic nitrogens is 3. The first-order valence-electron chi connectivity index (χ1n) is 10.0. The number of nitrogens with zero attached hydrogens (tertiary/aromatic N) is 3. The molecule has 1 saturated carbocycles. The van der Waals surface area contributed by atoms with Crippen LogP contribution in [0.25, 0.3) is 11.2 Å². The first-order valence-corrected chi connectivity index (χ1v) is 10.0.